The molecule has 19 heavy (non-hydrogen) atoms. The summed E-state index contributed by atoms with van der Waals surface area (Å²) >= 11 is 0. The largest absolute Gasteiger partial charge is 0.385 e. The van der Waals surface area contributed by atoms with Gasteiger partial charge in [0.15, 0.2) is 0 Å². The fourth-order valence-corrected chi connectivity index (χ4v) is 2.02. The summed E-state index contributed by atoms with van der Waals surface area (Å²) in [7, 11) is 1.71. The molecule has 0 fully saturated rings. The van der Waals surface area contributed by atoms with Crippen molar-refractivity contribution in [1.82, 2.24) is 9.78 Å². The Morgan fingerprint density at radius 2 is 2.00 bits per heavy atom. The van der Waals surface area contributed by atoms with Gasteiger partial charge in [-0.15, -0.1) is 0 Å². The number of methoxy groups -OCH3 is 1. The van der Waals surface area contributed by atoms with E-state index >= 15 is 0 Å². The molecule has 4 heteroatoms. The smallest absolute Gasteiger partial charge is 0.0798 e. The summed E-state index contributed by atoms with van der Waals surface area (Å²) in [5.74, 6) is 0.346. The lowest BCUT2D eigenvalue weighted by Gasteiger charge is -2.17. The summed E-state index contributed by atoms with van der Waals surface area (Å²) in [5, 5.41) is 4.56. The van der Waals surface area contributed by atoms with Gasteiger partial charge in [0.1, 0.15) is 0 Å². The Labute approximate surface area is 114 Å². The first-order valence-electron chi connectivity index (χ1n) is 6.58. The van der Waals surface area contributed by atoms with E-state index in [1.54, 1.807) is 7.11 Å². The van der Waals surface area contributed by atoms with E-state index in [1.807, 2.05) is 47.3 Å². The van der Waals surface area contributed by atoms with Crippen LogP contribution in [0.3, 0.4) is 0 Å². The molecule has 0 aliphatic heterocycles. The van der Waals surface area contributed by atoms with E-state index in [9.17, 15) is 0 Å². The number of hydrogen-bond donors (Lipinski definition) is 1. The molecule has 4 nitrogen and oxygen atoms in total. The van der Waals surface area contributed by atoms with Crippen LogP contribution in [0.2, 0.25) is 0 Å². The van der Waals surface area contributed by atoms with Gasteiger partial charge in [-0.05, 0) is 30.5 Å². The van der Waals surface area contributed by atoms with Crippen LogP contribution >= 0.6 is 0 Å². The predicted molar refractivity (Wildman–Crippen MR) is 76.1 cm³/mol. The van der Waals surface area contributed by atoms with Crippen LogP contribution in [0.5, 0.6) is 0 Å². The monoisotopic (exact) mass is 259 g/mol. The molecule has 2 unspecified atom stereocenters. The van der Waals surface area contributed by atoms with Gasteiger partial charge in [-0.1, -0.05) is 25.1 Å². The Morgan fingerprint density at radius 3 is 2.68 bits per heavy atom. The number of ether oxygens (including phenoxy) is 1. The van der Waals surface area contributed by atoms with Crippen molar-refractivity contribution >= 4 is 0 Å². The van der Waals surface area contributed by atoms with E-state index in [1.165, 1.54) is 0 Å². The van der Waals surface area contributed by atoms with Gasteiger partial charge in [-0.2, -0.15) is 5.10 Å². The zero-order valence-corrected chi connectivity index (χ0v) is 11.5. The molecular weight excluding hydrogens is 238 g/mol. The van der Waals surface area contributed by atoms with Gasteiger partial charge in [-0.3, -0.25) is 0 Å². The number of nitrogens with two attached hydrogens (primary N) is 1. The van der Waals surface area contributed by atoms with E-state index in [0.717, 1.165) is 24.4 Å². The van der Waals surface area contributed by atoms with Gasteiger partial charge in [0.05, 0.1) is 17.4 Å². The molecule has 0 spiro atoms. The van der Waals surface area contributed by atoms with E-state index < -0.39 is 0 Å². The maximum absolute atomic E-state index is 6.24. The number of hydrogen-bond acceptors (Lipinski definition) is 3. The first kappa shape index (κ1) is 13.8. The first-order valence-corrected chi connectivity index (χ1v) is 6.58. The lowest BCUT2D eigenvalue weighted by Crippen LogP contribution is -2.21. The third-order valence-electron chi connectivity index (χ3n) is 3.36. The summed E-state index contributed by atoms with van der Waals surface area (Å²) in [6.07, 6.45) is 2.89. The van der Waals surface area contributed by atoms with Crippen molar-refractivity contribution < 1.29 is 4.74 Å². The molecule has 1 aromatic heterocycles. The highest BCUT2D eigenvalue weighted by atomic mass is 16.5. The third-order valence-corrected chi connectivity index (χ3v) is 3.36. The fourth-order valence-electron chi connectivity index (χ4n) is 2.02. The Morgan fingerprint density at radius 1 is 1.26 bits per heavy atom. The molecule has 0 amide bonds. The Kier molecular flexibility index (Phi) is 4.71. The van der Waals surface area contributed by atoms with Gasteiger partial charge in [0.25, 0.3) is 0 Å². The Balaban J connectivity index is 2.08. The maximum Gasteiger partial charge on any atom is 0.0798 e. The number of para-hydroxylation sites is 1. The van der Waals surface area contributed by atoms with Crippen LogP contribution in [0.4, 0.5) is 0 Å². The summed E-state index contributed by atoms with van der Waals surface area (Å²) in [6.45, 7) is 2.86. The lowest BCUT2D eigenvalue weighted by atomic mass is 9.97. The summed E-state index contributed by atoms with van der Waals surface area (Å²) in [4.78, 5) is 0. The van der Waals surface area contributed by atoms with Crippen LogP contribution in [0.25, 0.3) is 5.69 Å². The minimum absolute atomic E-state index is 0.0555. The average molecular weight is 259 g/mol. The van der Waals surface area contributed by atoms with Crippen LogP contribution in [0.15, 0.2) is 42.6 Å². The van der Waals surface area contributed by atoms with Crippen LogP contribution in [0, 0.1) is 5.92 Å². The molecule has 0 saturated carbocycles. The van der Waals surface area contributed by atoms with Gasteiger partial charge in [0, 0.05) is 19.9 Å². The summed E-state index contributed by atoms with van der Waals surface area (Å²) < 4.78 is 6.95. The molecule has 0 radical (unpaired) electrons. The Bertz CT molecular complexity index is 495. The molecule has 1 heterocycles. The molecule has 0 aliphatic rings. The molecule has 102 valence electrons. The molecule has 0 bridgehead atoms. The van der Waals surface area contributed by atoms with Crippen molar-refractivity contribution in [3.8, 4) is 5.69 Å². The Hall–Kier alpha value is -1.65. The van der Waals surface area contributed by atoms with Gasteiger partial charge in [0.2, 0.25) is 0 Å². The minimum Gasteiger partial charge on any atom is -0.385 e. The second-order valence-corrected chi connectivity index (χ2v) is 4.81. The van der Waals surface area contributed by atoms with Crippen molar-refractivity contribution in [1.29, 1.82) is 0 Å². The molecule has 2 N–H and O–H groups in total. The van der Waals surface area contributed by atoms with Gasteiger partial charge in [-0.25, -0.2) is 4.68 Å². The molecule has 2 aromatic rings. The third kappa shape index (κ3) is 3.43. The zero-order chi connectivity index (χ0) is 13.7. The molecule has 2 atom stereocenters. The summed E-state index contributed by atoms with van der Waals surface area (Å²) in [5.41, 5.74) is 8.21. The maximum atomic E-state index is 6.24. The number of benzene rings is 1. The van der Waals surface area contributed by atoms with Crippen molar-refractivity contribution in [2.75, 3.05) is 13.7 Å². The molecule has 2 rings (SSSR count). The van der Waals surface area contributed by atoms with Crippen molar-refractivity contribution in [2.24, 2.45) is 11.7 Å². The molecular formula is C15H21N3O. The predicted octanol–water partition coefficient (Wildman–Crippen LogP) is 2.54. The normalized spacial score (nSPS) is 14.3. The molecule has 1 aromatic carbocycles. The first-order chi connectivity index (χ1) is 9.22. The highest BCUT2D eigenvalue weighted by molar-refractivity contribution is 5.30. The van der Waals surface area contributed by atoms with Crippen LogP contribution in [-0.4, -0.2) is 23.5 Å². The zero-order valence-electron chi connectivity index (χ0n) is 11.5. The molecule has 0 aliphatic carbocycles. The van der Waals surface area contributed by atoms with Crippen molar-refractivity contribution in [3.05, 3.63) is 48.3 Å². The number of nitrogens with zero attached hydrogens (tertiary/aromatic N) is 2. The van der Waals surface area contributed by atoms with E-state index in [0.29, 0.717) is 5.92 Å². The lowest BCUT2D eigenvalue weighted by molar-refractivity contribution is 0.174. The highest BCUT2D eigenvalue weighted by Crippen LogP contribution is 2.21. The second-order valence-electron chi connectivity index (χ2n) is 4.81. The van der Waals surface area contributed by atoms with Crippen LogP contribution in [0.1, 0.15) is 25.1 Å². The highest BCUT2D eigenvalue weighted by Gasteiger charge is 2.17. The van der Waals surface area contributed by atoms with E-state index in [-0.39, 0.29) is 6.04 Å². The number of rotatable bonds is 6. The van der Waals surface area contributed by atoms with E-state index in [4.69, 9.17) is 10.5 Å². The van der Waals surface area contributed by atoms with E-state index in [2.05, 4.69) is 12.0 Å². The number of aromatic nitrogens is 2. The summed E-state index contributed by atoms with van der Waals surface area (Å²) in [6, 6.07) is 12.0. The fraction of sp³-hybridized carbons (Fsp3) is 0.400. The van der Waals surface area contributed by atoms with Gasteiger partial charge < -0.3 is 10.5 Å². The van der Waals surface area contributed by atoms with Gasteiger partial charge >= 0.3 is 0 Å². The van der Waals surface area contributed by atoms with Crippen LogP contribution in [-0.2, 0) is 4.74 Å². The van der Waals surface area contributed by atoms with Crippen LogP contribution < -0.4 is 5.73 Å². The average Bonchev–Trinajstić information content (AvgIpc) is 2.94. The van der Waals surface area contributed by atoms with Crippen molar-refractivity contribution in [2.45, 2.75) is 19.4 Å². The standard InChI is InChI=1S/C15H21N3O/c1-12(9-11-19-2)15(16)14-8-10-18(17-14)13-6-4-3-5-7-13/h3-8,10,12,15H,9,11,16H2,1-2H3. The minimum atomic E-state index is -0.0555. The SMILES string of the molecule is COCCC(C)C(N)c1ccn(-c2ccccc2)n1. The quantitative estimate of drug-likeness (QED) is 0.867. The molecule has 0 saturated heterocycles. The second kappa shape index (κ2) is 6.50. The topological polar surface area (TPSA) is 53.1 Å². The van der Waals surface area contributed by atoms with Crippen molar-refractivity contribution in [3.63, 3.8) is 0 Å².